The quantitative estimate of drug-likeness (QED) is 0.210. The van der Waals surface area contributed by atoms with Gasteiger partial charge in [0, 0.05) is 49.1 Å². The fourth-order valence-corrected chi connectivity index (χ4v) is 4.67. The molecular formula is C24H22N4O4. The first-order valence-electron chi connectivity index (χ1n) is 11.0. The molecule has 4 heterocycles. The monoisotopic (exact) mass is 430 g/mol. The fourth-order valence-electron chi connectivity index (χ4n) is 4.67. The molecule has 2 saturated heterocycles. The van der Waals surface area contributed by atoms with Gasteiger partial charge in [0.15, 0.2) is 0 Å². The van der Waals surface area contributed by atoms with Crippen LogP contribution in [0.15, 0.2) is 52.7 Å². The smallest absolute Gasteiger partial charge is 0.344 e. The van der Waals surface area contributed by atoms with Crippen molar-refractivity contribution in [3.8, 4) is 0 Å². The Morgan fingerprint density at radius 2 is 1.06 bits per heavy atom. The van der Waals surface area contributed by atoms with Gasteiger partial charge in [-0.1, -0.05) is 0 Å². The van der Waals surface area contributed by atoms with Crippen LogP contribution < -0.4 is 11.3 Å². The van der Waals surface area contributed by atoms with Gasteiger partial charge in [0.25, 0.3) is 0 Å². The summed E-state index contributed by atoms with van der Waals surface area (Å²) >= 11 is 0. The van der Waals surface area contributed by atoms with Crippen LogP contribution in [0.25, 0.3) is 32.7 Å². The van der Waals surface area contributed by atoms with Gasteiger partial charge in [-0.05, 0) is 37.8 Å². The predicted molar refractivity (Wildman–Crippen MR) is 125 cm³/mol. The van der Waals surface area contributed by atoms with Crippen molar-refractivity contribution in [2.45, 2.75) is 25.7 Å². The highest BCUT2D eigenvalue weighted by atomic mass is 16.4. The van der Waals surface area contributed by atoms with Gasteiger partial charge in [-0.25, -0.2) is 19.6 Å². The molecule has 0 saturated carbocycles. The maximum atomic E-state index is 12.8. The van der Waals surface area contributed by atoms with Crippen LogP contribution in [-0.2, 0) is 0 Å². The Kier molecular flexibility index (Phi) is 4.45. The zero-order valence-corrected chi connectivity index (χ0v) is 17.5. The highest BCUT2D eigenvalue weighted by Gasteiger charge is 2.19. The number of nitrogens with zero attached hydrogens (tertiary/aromatic N) is 4. The van der Waals surface area contributed by atoms with Gasteiger partial charge in [0.1, 0.15) is 11.2 Å². The molecule has 8 heteroatoms. The Balaban J connectivity index is 1.51. The van der Waals surface area contributed by atoms with Crippen molar-refractivity contribution in [3.05, 3.63) is 45.1 Å². The lowest BCUT2D eigenvalue weighted by Gasteiger charge is -2.11. The summed E-state index contributed by atoms with van der Waals surface area (Å²) in [5, 5.41) is 1.87. The molecule has 0 aliphatic carbocycles. The summed E-state index contributed by atoms with van der Waals surface area (Å²) in [6.45, 7) is 3.88. The van der Waals surface area contributed by atoms with Crippen LogP contribution in [0.1, 0.15) is 25.7 Å². The van der Waals surface area contributed by atoms with E-state index in [1.54, 1.807) is 36.9 Å². The maximum absolute atomic E-state index is 12.8. The Labute approximate surface area is 182 Å². The Hall–Kier alpha value is -3.68. The van der Waals surface area contributed by atoms with E-state index in [4.69, 9.17) is 8.83 Å². The molecule has 32 heavy (non-hydrogen) atoms. The van der Waals surface area contributed by atoms with Gasteiger partial charge in [-0.2, -0.15) is 0 Å². The molecule has 0 atom stereocenters. The van der Waals surface area contributed by atoms with Gasteiger partial charge < -0.3 is 18.6 Å². The van der Waals surface area contributed by atoms with Crippen molar-refractivity contribution in [1.82, 2.24) is 9.80 Å². The predicted octanol–water partition coefficient (Wildman–Crippen LogP) is 4.00. The fraction of sp³-hybridized carbons (Fsp3) is 0.333. The van der Waals surface area contributed by atoms with E-state index in [0.29, 0.717) is 44.1 Å². The van der Waals surface area contributed by atoms with E-state index in [9.17, 15) is 9.59 Å². The van der Waals surface area contributed by atoms with Crippen LogP contribution >= 0.6 is 0 Å². The third-order valence-electron chi connectivity index (χ3n) is 6.29. The molecule has 4 aromatic rings. The molecule has 8 nitrogen and oxygen atoms in total. The lowest BCUT2D eigenvalue weighted by atomic mass is 10.0. The van der Waals surface area contributed by atoms with Crippen LogP contribution in [-0.4, -0.2) is 48.7 Å². The third kappa shape index (κ3) is 3.23. The molecule has 6 rings (SSSR count). The second kappa shape index (κ2) is 7.47. The molecule has 2 aliphatic heterocycles. The summed E-state index contributed by atoms with van der Waals surface area (Å²) in [5.74, 6) is 0. The van der Waals surface area contributed by atoms with Gasteiger partial charge >= 0.3 is 11.3 Å². The van der Waals surface area contributed by atoms with Crippen molar-refractivity contribution >= 4 is 56.8 Å². The van der Waals surface area contributed by atoms with E-state index in [1.165, 1.54) is 0 Å². The van der Waals surface area contributed by atoms with Gasteiger partial charge in [0.05, 0.1) is 34.8 Å². The summed E-state index contributed by atoms with van der Waals surface area (Å²) in [6.07, 6.45) is 8.16. The first-order valence-corrected chi connectivity index (χ1v) is 11.0. The first-order chi connectivity index (χ1) is 15.7. The van der Waals surface area contributed by atoms with Crippen molar-refractivity contribution < 1.29 is 8.83 Å². The standard InChI is InChI=1S/C24H22N4O4/c29-23-17-9-15(25-13-27-5-1-2-6-27)11-19-21(17)22-18(24(30)31-19)10-16(12-20(22)32-23)26-14-28-7-3-4-8-28/h9-14H,1-8H2. The molecule has 162 valence electrons. The van der Waals surface area contributed by atoms with E-state index >= 15 is 0 Å². The number of aliphatic imine (C=N–C) groups is 2. The minimum absolute atomic E-state index is 0.333. The second-order valence-corrected chi connectivity index (χ2v) is 8.49. The van der Waals surface area contributed by atoms with E-state index in [1.807, 2.05) is 0 Å². The average molecular weight is 430 g/mol. The molecule has 0 spiro atoms. The molecule has 0 N–H and O–H groups in total. The normalized spacial score (nSPS) is 17.5. The average Bonchev–Trinajstić information content (AvgIpc) is 3.50. The molecule has 0 bridgehead atoms. The van der Waals surface area contributed by atoms with Crippen LogP contribution in [0.2, 0.25) is 0 Å². The van der Waals surface area contributed by atoms with Crippen molar-refractivity contribution in [1.29, 1.82) is 0 Å². The summed E-state index contributed by atoms with van der Waals surface area (Å²) < 4.78 is 11.3. The molecular weight excluding hydrogens is 408 g/mol. The highest BCUT2D eigenvalue weighted by Crippen LogP contribution is 2.35. The lowest BCUT2D eigenvalue weighted by molar-refractivity contribution is 0.536. The van der Waals surface area contributed by atoms with Crippen LogP contribution in [0.5, 0.6) is 0 Å². The number of hydrogen-bond donors (Lipinski definition) is 0. The minimum Gasteiger partial charge on any atom is -0.422 e. The summed E-state index contributed by atoms with van der Waals surface area (Å²) in [4.78, 5) is 38.9. The zero-order chi connectivity index (χ0) is 21.7. The third-order valence-corrected chi connectivity index (χ3v) is 6.29. The Morgan fingerprint density at radius 3 is 1.47 bits per heavy atom. The second-order valence-electron chi connectivity index (χ2n) is 8.49. The number of hydrogen-bond acceptors (Lipinski definition) is 6. The minimum atomic E-state index is -0.489. The zero-order valence-electron chi connectivity index (χ0n) is 17.5. The molecule has 2 aromatic heterocycles. The van der Waals surface area contributed by atoms with Crippen molar-refractivity contribution in [3.63, 3.8) is 0 Å². The van der Waals surface area contributed by atoms with Gasteiger partial charge in [-0.3, -0.25) is 0 Å². The first kappa shape index (κ1) is 19.0. The van der Waals surface area contributed by atoms with Gasteiger partial charge in [-0.15, -0.1) is 0 Å². The van der Waals surface area contributed by atoms with Gasteiger partial charge in [0.2, 0.25) is 0 Å². The SMILES string of the molecule is O=c1oc2cc(N=CN3CCCC3)cc3c(=O)oc4cc(N=CN5CCCC5)cc1c4c23. The highest BCUT2D eigenvalue weighted by molar-refractivity contribution is 6.20. The van der Waals surface area contributed by atoms with Crippen molar-refractivity contribution in [2.24, 2.45) is 9.98 Å². The van der Waals surface area contributed by atoms with Crippen molar-refractivity contribution in [2.75, 3.05) is 26.2 Å². The number of likely N-dealkylation sites (tertiary alicyclic amines) is 2. The summed E-state index contributed by atoms with van der Waals surface area (Å²) in [7, 11) is 0. The van der Waals surface area contributed by atoms with E-state index < -0.39 is 11.3 Å². The largest absolute Gasteiger partial charge is 0.422 e. The number of benzene rings is 2. The topological polar surface area (TPSA) is 91.6 Å². The number of rotatable bonds is 4. The van der Waals surface area contributed by atoms with E-state index in [-0.39, 0.29) is 0 Å². The van der Waals surface area contributed by atoms with E-state index in [2.05, 4.69) is 19.8 Å². The maximum Gasteiger partial charge on any atom is 0.344 e. The molecule has 0 radical (unpaired) electrons. The Morgan fingerprint density at radius 1 is 0.656 bits per heavy atom. The lowest BCUT2D eigenvalue weighted by Crippen LogP contribution is -2.16. The Bertz CT molecular complexity index is 1370. The van der Waals surface area contributed by atoms with Crippen LogP contribution in [0.4, 0.5) is 11.4 Å². The van der Waals surface area contributed by atoms with E-state index in [0.717, 1.165) is 51.9 Å². The molecule has 2 aromatic carbocycles. The summed E-state index contributed by atoms with van der Waals surface area (Å²) in [6, 6.07) is 6.79. The summed E-state index contributed by atoms with van der Waals surface area (Å²) in [5.41, 5.74) is 0.788. The van der Waals surface area contributed by atoms with Crippen LogP contribution in [0.3, 0.4) is 0 Å². The molecule has 0 amide bonds. The molecule has 0 unspecified atom stereocenters. The van der Waals surface area contributed by atoms with Crippen LogP contribution in [0, 0.1) is 0 Å². The molecule has 2 aliphatic rings. The molecule has 2 fully saturated rings.